The van der Waals surface area contributed by atoms with Gasteiger partial charge in [0.25, 0.3) is 5.91 Å². The minimum atomic E-state index is -0.143. The fourth-order valence-corrected chi connectivity index (χ4v) is 4.38. The van der Waals surface area contributed by atoms with Gasteiger partial charge in [-0.2, -0.15) is 0 Å². The summed E-state index contributed by atoms with van der Waals surface area (Å²) in [6, 6.07) is 27.0. The molecule has 3 nitrogen and oxygen atoms in total. The SMILES string of the molecule is C[C@@H](c1ccccc1)N1C(=O)/C(=C\c2ccccc2Cl)SC1=Nc1ccccc1. The van der Waals surface area contributed by atoms with E-state index < -0.39 is 0 Å². The first-order valence-corrected chi connectivity index (χ1v) is 10.5. The number of carbonyl (C=O) groups excluding carboxylic acids is 1. The lowest BCUT2D eigenvalue weighted by Gasteiger charge is -2.24. The molecular weight excluding hydrogens is 400 g/mol. The molecule has 4 rings (SSSR count). The predicted octanol–water partition coefficient (Wildman–Crippen LogP) is 6.71. The molecule has 1 heterocycles. The van der Waals surface area contributed by atoms with Crippen molar-refractivity contribution in [1.29, 1.82) is 0 Å². The van der Waals surface area contributed by atoms with Crippen molar-refractivity contribution in [3.8, 4) is 0 Å². The van der Waals surface area contributed by atoms with Crippen LogP contribution in [0.15, 0.2) is 94.8 Å². The predicted molar refractivity (Wildman–Crippen MR) is 122 cm³/mol. The maximum atomic E-state index is 13.3. The topological polar surface area (TPSA) is 32.7 Å². The summed E-state index contributed by atoms with van der Waals surface area (Å²) in [4.78, 5) is 20.5. The molecule has 0 saturated carbocycles. The highest BCUT2D eigenvalue weighted by molar-refractivity contribution is 8.18. The Morgan fingerprint density at radius 1 is 0.931 bits per heavy atom. The Hall–Kier alpha value is -2.82. The summed E-state index contributed by atoms with van der Waals surface area (Å²) >= 11 is 7.68. The van der Waals surface area contributed by atoms with Gasteiger partial charge in [0.15, 0.2) is 5.17 Å². The van der Waals surface area contributed by atoms with E-state index in [0.29, 0.717) is 15.1 Å². The molecule has 1 aliphatic heterocycles. The highest BCUT2D eigenvalue weighted by Gasteiger charge is 2.37. The molecule has 144 valence electrons. The first-order valence-electron chi connectivity index (χ1n) is 9.30. The van der Waals surface area contributed by atoms with Crippen molar-refractivity contribution >= 4 is 46.2 Å². The molecule has 1 saturated heterocycles. The zero-order chi connectivity index (χ0) is 20.2. The van der Waals surface area contributed by atoms with Crippen molar-refractivity contribution < 1.29 is 4.79 Å². The van der Waals surface area contributed by atoms with Crippen LogP contribution in [0.2, 0.25) is 5.02 Å². The van der Waals surface area contributed by atoms with Gasteiger partial charge in [0.05, 0.1) is 16.6 Å². The van der Waals surface area contributed by atoms with Crippen LogP contribution in [-0.2, 0) is 4.79 Å². The highest BCUT2D eigenvalue weighted by atomic mass is 35.5. The standard InChI is InChI=1S/C24H19ClN2OS/c1-17(18-10-4-2-5-11-18)27-23(28)22(16-19-12-8-9-15-21(19)25)29-24(27)26-20-13-6-3-7-14-20/h2-17H,1H3/b22-16+,26-24?/t17-/m0/s1. The fourth-order valence-electron chi connectivity index (χ4n) is 3.13. The Kier molecular flexibility index (Phi) is 5.84. The first kappa shape index (κ1) is 19.5. The molecule has 1 fully saturated rings. The van der Waals surface area contributed by atoms with Crippen molar-refractivity contribution in [2.75, 3.05) is 0 Å². The van der Waals surface area contributed by atoms with Crippen LogP contribution >= 0.6 is 23.4 Å². The van der Waals surface area contributed by atoms with Crippen LogP contribution in [-0.4, -0.2) is 16.0 Å². The number of halogens is 1. The minimum Gasteiger partial charge on any atom is -0.279 e. The summed E-state index contributed by atoms with van der Waals surface area (Å²) in [6.45, 7) is 2.02. The highest BCUT2D eigenvalue weighted by Crippen LogP contribution is 2.39. The van der Waals surface area contributed by atoms with E-state index in [9.17, 15) is 4.79 Å². The number of rotatable bonds is 4. The number of hydrogen-bond acceptors (Lipinski definition) is 3. The smallest absolute Gasteiger partial charge is 0.267 e. The van der Waals surface area contributed by atoms with E-state index in [0.717, 1.165) is 16.8 Å². The number of amidine groups is 1. The van der Waals surface area contributed by atoms with E-state index in [-0.39, 0.29) is 11.9 Å². The van der Waals surface area contributed by atoms with Crippen molar-refractivity contribution in [2.45, 2.75) is 13.0 Å². The molecule has 1 atom stereocenters. The third kappa shape index (κ3) is 4.29. The molecule has 0 spiro atoms. The van der Waals surface area contributed by atoms with Gasteiger partial charge < -0.3 is 0 Å². The van der Waals surface area contributed by atoms with Gasteiger partial charge in [-0.1, -0.05) is 78.3 Å². The normalized spacial score (nSPS) is 17.9. The largest absolute Gasteiger partial charge is 0.279 e. The maximum Gasteiger partial charge on any atom is 0.267 e. The molecule has 3 aromatic rings. The lowest BCUT2D eigenvalue weighted by atomic mass is 10.1. The molecule has 1 amide bonds. The van der Waals surface area contributed by atoms with E-state index >= 15 is 0 Å². The van der Waals surface area contributed by atoms with Crippen LogP contribution in [0.25, 0.3) is 6.08 Å². The Morgan fingerprint density at radius 2 is 1.55 bits per heavy atom. The molecular formula is C24H19ClN2OS. The van der Waals surface area contributed by atoms with E-state index in [1.54, 1.807) is 4.90 Å². The van der Waals surface area contributed by atoms with Crippen molar-refractivity contribution in [1.82, 2.24) is 4.90 Å². The second-order valence-corrected chi connectivity index (χ2v) is 8.04. The molecule has 0 unspecified atom stereocenters. The summed E-state index contributed by atoms with van der Waals surface area (Å²) in [6.07, 6.45) is 1.84. The monoisotopic (exact) mass is 418 g/mol. The van der Waals surface area contributed by atoms with Gasteiger partial charge >= 0.3 is 0 Å². The van der Waals surface area contributed by atoms with Gasteiger partial charge in [-0.3, -0.25) is 9.69 Å². The maximum absolute atomic E-state index is 13.3. The first-order chi connectivity index (χ1) is 14.1. The Morgan fingerprint density at radius 3 is 2.24 bits per heavy atom. The van der Waals surface area contributed by atoms with Gasteiger partial charge in [0.2, 0.25) is 0 Å². The summed E-state index contributed by atoms with van der Waals surface area (Å²) in [5.41, 5.74) is 2.69. The zero-order valence-corrected chi connectivity index (χ0v) is 17.4. The molecule has 0 bridgehead atoms. The molecule has 0 aromatic heterocycles. The number of nitrogens with zero attached hydrogens (tertiary/aromatic N) is 2. The molecule has 0 N–H and O–H groups in total. The van der Waals surface area contributed by atoms with Gasteiger partial charge in [0, 0.05) is 5.02 Å². The third-order valence-electron chi connectivity index (χ3n) is 4.68. The summed E-state index contributed by atoms with van der Waals surface area (Å²) < 4.78 is 0. The van der Waals surface area contributed by atoms with E-state index in [2.05, 4.69) is 0 Å². The number of hydrogen-bond donors (Lipinski definition) is 0. The van der Waals surface area contributed by atoms with Gasteiger partial charge in [-0.05, 0) is 54.1 Å². The van der Waals surface area contributed by atoms with Gasteiger partial charge in [0.1, 0.15) is 0 Å². The number of thioether (sulfide) groups is 1. The zero-order valence-electron chi connectivity index (χ0n) is 15.8. The van der Waals surface area contributed by atoms with Crippen molar-refractivity contribution in [2.24, 2.45) is 4.99 Å². The van der Waals surface area contributed by atoms with Gasteiger partial charge in [-0.25, -0.2) is 4.99 Å². The number of aliphatic imine (C=N–C) groups is 1. The lowest BCUT2D eigenvalue weighted by Crippen LogP contribution is -2.32. The average Bonchev–Trinajstić information content (AvgIpc) is 3.05. The molecule has 3 aromatic carbocycles. The van der Waals surface area contributed by atoms with Crippen molar-refractivity contribution in [3.63, 3.8) is 0 Å². The van der Waals surface area contributed by atoms with Crippen LogP contribution in [0.3, 0.4) is 0 Å². The molecule has 0 aliphatic carbocycles. The van der Waals surface area contributed by atoms with Crippen LogP contribution < -0.4 is 0 Å². The number of amides is 1. The van der Waals surface area contributed by atoms with Crippen LogP contribution in [0, 0.1) is 0 Å². The molecule has 5 heteroatoms. The number of carbonyl (C=O) groups is 1. The number of benzene rings is 3. The number of para-hydroxylation sites is 1. The second kappa shape index (κ2) is 8.68. The molecule has 0 radical (unpaired) electrons. The summed E-state index contributed by atoms with van der Waals surface area (Å²) in [7, 11) is 0. The van der Waals surface area contributed by atoms with Crippen LogP contribution in [0.5, 0.6) is 0 Å². The van der Waals surface area contributed by atoms with Crippen LogP contribution in [0.1, 0.15) is 24.1 Å². The van der Waals surface area contributed by atoms with E-state index in [1.165, 1.54) is 11.8 Å². The summed E-state index contributed by atoms with van der Waals surface area (Å²) in [5, 5.41) is 1.28. The minimum absolute atomic E-state index is 0.0686. The Labute approximate surface area is 179 Å². The quantitative estimate of drug-likeness (QED) is 0.441. The fraction of sp³-hybridized carbons (Fsp3) is 0.0833. The molecule has 1 aliphatic rings. The van der Waals surface area contributed by atoms with Crippen molar-refractivity contribution in [3.05, 3.63) is 106 Å². The lowest BCUT2D eigenvalue weighted by molar-refractivity contribution is -0.123. The van der Waals surface area contributed by atoms with E-state index in [1.807, 2.05) is 97.9 Å². The third-order valence-corrected chi connectivity index (χ3v) is 6.01. The second-order valence-electron chi connectivity index (χ2n) is 6.62. The summed E-state index contributed by atoms with van der Waals surface area (Å²) in [5.74, 6) is -0.0686. The average molecular weight is 419 g/mol. The molecule has 29 heavy (non-hydrogen) atoms. The van der Waals surface area contributed by atoms with Crippen LogP contribution in [0.4, 0.5) is 5.69 Å². The Bertz CT molecular complexity index is 1080. The Balaban J connectivity index is 1.76. The van der Waals surface area contributed by atoms with E-state index in [4.69, 9.17) is 16.6 Å². The van der Waals surface area contributed by atoms with Gasteiger partial charge in [-0.15, -0.1) is 0 Å².